The lowest BCUT2D eigenvalue weighted by Gasteiger charge is -2.12. The van der Waals surface area contributed by atoms with Gasteiger partial charge in [-0.3, -0.25) is 4.79 Å². The molecular formula is C18H18BClO5. The summed E-state index contributed by atoms with van der Waals surface area (Å²) in [7, 11) is 6.35. The van der Waals surface area contributed by atoms with Gasteiger partial charge in [-0.15, -0.1) is 0 Å². The first kappa shape index (κ1) is 18.7. The molecule has 0 unspecified atom stereocenters. The van der Waals surface area contributed by atoms with Gasteiger partial charge in [-0.2, -0.15) is 0 Å². The van der Waals surface area contributed by atoms with Crippen LogP contribution < -0.4 is 19.7 Å². The van der Waals surface area contributed by atoms with Gasteiger partial charge in [-0.05, 0) is 29.8 Å². The maximum Gasteiger partial charge on any atom is 0.203 e. The minimum Gasteiger partial charge on any atom is -0.506 e. The molecule has 0 amide bonds. The number of carbonyl (C=O) groups excluding carboxylic acids is 1. The highest BCUT2D eigenvalue weighted by atomic mass is 35.5. The van der Waals surface area contributed by atoms with Gasteiger partial charge in [0.2, 0.25) is 5.75 Å². The monoisotopic (exact) mass is 360 g/mol. The zero-order valence-corrected chi connectivity index (χ0v) is 15.2. The molecule has 0 radical (unpaired) electrons. The van der Waals surface area contributed by atoms with Crippen molar-refractivity contribution in [3.05, 3.63) is 46.5 Å². The van der Waals surface area contributed by atoms with E-state index in [9.17, 15) is 9.90 Å². The fourth-order valence-corrected chi connectivity index (χ4v) is 2.66. The predicted octanol–water partition coefficient (Wildman–Crippen LogP) is 2.23. The summed E-state index contributed by atoms with van der Waals surface area (Å²) in [5.74, 6) is 0.839. The Bertz CT molecular complexity index is 807. The number of hydrogen-bond acceptors (Lipinski definition) is 5. The summed E-state index contributed by atoms with van der Waals surface area (Å²) in [5.41, 5.74) is 1.61. The SMILES string of the molecule is Bc1cc(Cl)c(O)c(C(=O)/C=C/c2cc(OC)c(OC)c(OC)c2)c1. The van der Waals surface area contributed by atoms with E-state index in [2.05, 4.69) is 0 Å². The fourth-order valence-electron chi connectivity index (χ4n) is 2.38. The first-order chi connectivity index (χ1) is 11.9. The van der Waals surface area contributed by atoms with E-state index >= 15 is 0 Å². The number of aromatic hydroxyl groups is 1. The van der Waals surface area contributed by atoms with Crippen LogP contribution in [0.5, 0.6) is 23.0 Å². The molecule has 0 aliphatic carbocycles. The highest BCUT2D eigenvalue weighted by Gasteiger charge is 2.14. The maximum atomic E-state index is 12.4. The summed E-state index contributed by atoms with van der Waals surface area (Å²) in [6.45, 7) is 0. The Kier molecular flexibility index (Phi) is 5.99. The van der Waals surface area contributed by atoms with E-state index in [0.717, 1.165) is 5.46 Å². The van der Waals surface area contributed by atoms with E-state index in [1.54, 1.807) is 38.2 Å². The molecule has 1 N–H and O–H groups in total. The second-order valence-corrected chi connectivity index (χ2v) is 5.71. The average molecular weight is 361 g/mol. The quantitative estimate of drug-likeness (QED) is 0.486. The molecule has 0 aliphatic heterocycles. The molecule has 2 aromatic rings. The number of methoxy groups -OCH3 is 3. The van der Waals surface area contributed by atoms with E-state index < -0.39 is 0 Å². The molecule has 0 heterocycles. The molecule has 7 heteroatoms. The topological polar surface area (TPSA) is 65.0 Å². The van der Waals surface area contributed by atoms with Crippen molar-refractivity contribution in [1.82, 2.24) is 0 Å². The number of allylic oxidation sites excluding steroid dienone is 1. The number of hydrogen-bond donors (Lipinski definition) is 1. The molecule has 0 spiro atoms. The van der Waals surface area contributed by atoms with Crippen molar-refractivity contribution in [2.45, 2.75) is 0 Å². The molecule has 5 nitrogen and oxygen atoms in total. The normalized spacial score (nSPS) is 10.7. The molecule has 0 aromatic heterocycles. The number of halogens is 1. The van der Waals surface area contributed by atoms with Crippen LogP contribution in [0.1, 0.15) is 15.9 Å². The van der Waals surface area contributed by atoms with Crippen LogP contribution >= 0.6 is 11.6 Å². The Hall–Kier alpha value is -2.60. The van der Waals surface area contributed by atoms with Crippen LogP contribution in [0.4, 0.5) is 0 Å². The third kappa shape index (κ3) is 4.09. The third-order valence-electron chi connectivity index (χ3n) is 3.59. The van der Waals surface area contributed by atoms with Crippen molar-refractivity contribution in [2.75, 3.05) is 21.3 Å². The summed E-state index contributed by atoms with van der Waals surface area (Å²) < 4.78 is 15.8. The Balaban J connectivity index is 2.38. The van der Waals surface area contributed by atoms with Crippen molar-refractivity contribution in [1.29, 1.82) is 0 Å². The van der Waals surface area contributed by atoms with E-state index in [0.29, 0.717) is 22.8 Å². The van der Waals surface area contributed by atoms with Crippen molar-refractivity contribution < 1.29 is 24.1 Å². The Morgan fingerprint density at radius 3 is 2.20 bits per heavy atom. The molecule has 130 valence electrons. The molecule has 2 rings (SSSR count). The third-order valence-corrected chi connectivity index (χ3v) is 3.88. The van der Waals surface area contributed by atoms with Gasteiger partial charge in [0.1, 0.15) is 13.6 Å². The first-order valence-corrected chi connectivity index (χ1v) is 7.80. The summed E-state index contributed by atoms with van der Waals surface area (Å²) in [6, 6.07) is 6.61. The van der Waals surface area contributed by atoms with Gasteiger partial charge in [-0.1, -0.05) is 29.2 Å². The Morgan fingerprint density at radius 1 is 1.08 bits per heavy atom. The molecule has 2 aromatic carbocycles. The summed E-state index contributed by atoms with van der Waals surface area (Å²) >= 11 is 5.92. The van der Waals surface area contributed by atoms with Crippen LogP contribution in [0.25, 0.3) is 6.08 Å². The van der Waals surface area contributed by atoms with Gasteiger partial charge >= 0.3 is 0 Å². The molecule has 0 saturated heterocycles. The first-order valence-electron chi connectivity index (χ1n) is 7.42. The van der Waals surface area contributed by atoms with Crippen LogP contribution in [0.2, 0.25) is 5.02 Å². The van der Waals surface area contributed by atoms with E-state index in [1.807, 2.05) is 0 Å². The van der Waals surface area contributed by atoms with Gasteiger partial charge in [-0.25, -0.2) is 0 Å². The molecule has 0 fully saturated rings. The van der Waals surface area contributed by atoms with Gasteiger partial charge in [0.25, 0.3) is 0 Å². The standard InChI is InChI=1S/C18H18BClO5/c1-23-15-6-10(7-16(24-2)18(15)25-3)4-5-14(21)12-8-11(19)9-13(20)17(12)22/h4-9,22H,19H2,1-3H3/b5-4+. The number of rotatable bonds is 6. The second kappa shape index (κ2) is 7.99. The minimum absolute atomic E-state index is 0.143. The number of phenolic OH excluding ortho intramolecular Hbond substituents is 1. The maximum absolute atomic E-state index is 12.4. The van der Waals surface area contributed by atoms with Crippen molar-refractivity contribution in [3.8, 4) is 23.0 Å². The second-order valence-electron chi connectivity index (χ2n) is 5.30. The lowest BCUT2D eigenvalue weighted by Crippen LogP contribution is -2.07. The largest absolute Gasteiger partial charge is 0.506 e. The predicted molar refractivity (Wildman–Crippen MR) is 101 cm³/mol. The van der Waals surface area contributed by atoms with Crippen LogP contribution in [-0.4, -0.2) is 40.1 Å². The highest BCUT2D eigenvalue weighted by molar-refractivity contribution is 6.38. The van der Waals surface area contributed by atoms with E-state index in [-0.39, 0.29) is 22.1 Å². The lowest BCUT2D eigenvalue weighted by molar-refractivity contribution is 0.104. The van der Waals surface area contributed by atoms with E-state index in [4.69, 9.17) is 25.8 Å². The molecule has 0 atom stereocenters. The van der Waals surface area contributed by atoms with Gasteiger partial charge in [0, 0.05) is 0 Å². The fraction of sp³-hybridized carbons (Fsp3) is 0.167. The molecule has 25 heavy (non-hydrogen) atoms. The molecular weight excluding hydrogens is 342 g/mol. The number of ether oxygens (including phenoxy) is 3. The molecule has 0 saturated carbocycles. The molecule has 0 bridgehead atoms. The summed E-state index contributed by atoms with van der Waals surface area (Å²) in [5, 5.41) is 10.1. The number of phenols is 1. The van der Waals surface area contributed by atoms with Crippen molar-refractivity contribution >= 4 is 36.8 Å². The average Bonchev–Trinajstić information content (AvgIpc) is 2.61. The van der Waals surface area contributed by atoms with E-state index in [1.165, 1.54) is 27.4 Å². The zero-order valence-electron chi connectivity index (χ0n) is 14.4. The smallest absolute Gasteiger partial charge is 0.203 e. The summed E-state index contributed by atoms with van der Waals surface area (Å²) in [6.07, 6.45) is 2.95. The molecule has 0 aliphatic rings. The minimum atomic E-state index is -0.364. The summed E-state index contributed by atoms with van der Waals surface area (Å²) in [4.78, 5) is 12.4. The number of benzene rings is 2. The van der Waals surface area contributed by atoms with Gasteiger partial charge in [0.15, 0.2) is 17.3 Å². The lowest BCUT2D eigenvalue weighted by atomic mass is 9.92. The zero-order chi connectivity index (χ0) is 18.6. The van der Waals surface area contributed by atoms with Crippen molar-refractivity contribution in [2.24, 2.45) is 0 Å². The van der Waals surface area contributed by atoms with Crippen LogP contribution in [-0.2, 0) is 0 Å². The number of carbonyl (C=O) groups is 1. The highest BCUT2D eigenvalue weighted by Crippen LogP contribution is 2.38. The number of ketones is 1. The van der Waals surface area contributed by atoms with Crippen LogP contribution in [0.15, 0.2) is 30.3 Å². The van der Waals surface area contributed by atoms with Crippen molar-refractivity contribution in [3.63, 3.8) is 0 Å². The Morgan fingerprint density at radius 2 is 1.68 bits per heavy atom. The Labute approximate surface area is 152 Å². The van der Waals surface area contributed by atoms with Gasteiger partial charge < -0.3 is 19.3 Å². The van der Waals surface area contributed by atoms with Crippen LogP contribution in [0.3, 0.4) is 0 Å². The van der Waals surface area contributed by atoms with Gasteiger partial charge in [0.05, 0.1) is 31.9 Å². The van der Waals surface area contributed by atoms with Crippen LogP contribution in [0, 0.1) is 0 Å².